The predicted molar refractivity (Wildman–Crippen MR) is 101 cm³/mol. The van der Waals surface area contributed by atoms with E-state index in [0.717, 1.165) is 41.1 Å². The van der Waals surface area contributed by atoms with Gasteiger partial charge in [0.1, 0.15) is 11.3 Å². The molecule has 5 nitrogen and oxygen atoms in total. The average Bonchev–Trinajstić information content (AvgIpc) is 3.02. The van der Waals surface area contributed by atoms with Crippen molar-refractivity contribution in [2.24, 2.45) is 0 Å². The third-order valence-corrected chi connectivity index (χ3v) is 4.23. The van der Waals surface area contributed by atoms with Crippen LogP contribution in [0.1, 0.15) is 18.9 Å². The Morgan fingerprint density at radius 2 is 1.72 bits per heavy atom. The van der Waals surface area contributed by atoms with Crippen molar-refractivity contribution in [3.05, 3.63) is 66.5 Å². The molecule has 0 saturated heterocycles. The van der Waals surface area contributed by atoms with Crippen molar-refractivity contribution < 1.29 is 0 Å². The van der Waals surface area contributed by atoms with Gasteiger partial charge in [-0.15, -0.1) is 0 Å². The topological polar surface area (TPSA) is 69.6 Å². The number of rotatable bonds is 4. The summed E-state index contributed by atoms with van der Waals surface area (Å²) in [6, 6.07) is 16.2. The normalized spacial score (nSPS) is 11.1. The van der Waals surface area contributed by atoms with Crippen molar-refractivity contribution in [2.45, 2.75) is 19.8 Å². The number of aryl methyl sites for hydroxylation is 1. The highest BCUT2D eigenvalue weighted by atomic mass is 15.1. The highest BCUT2D eigenvalue weighted by Gasteiger charge is 2.17. The largest absolute Gasteiger partial charge is 0.383 e. The second kappa shape index (κ2) is 6.36. The number of hydrogen-bond acceptors (Lipinski definition) is 4. The summed E-state index contributed by atoms with van der Waals surface area (Å²) in [6.07, 6.45) is 5.67. The van der Waals surface area contributed by atoms with Gasteiger partial charge in [-0.25, -0.2) is 15.0 Å². The Morgan fingerprint density at radius 3 is 2.48 bits per heavy atom. The molecule has 0 amide bonds. The molecule has 0 aliphatic heterocycles. The van der Waals surface area contributed by atoms with Gasteiger partial charge in [0.2, 0.25) is 0 Å². The van der Waals surface area contributed by atoms with E-state index in [-0.39, 0.29) is 0 Å². The van der Waals surface area contributed by atoms with Crippen LogP contribution in [0.25, 0.3) is 28.2 Å². The van der Waals surface area contributed by atoms with Gasteiger partial charge in [-0.3, -0.25) is 4.57 Å². The van der Waals surface area contributed by atoms with Crippen molar-refractivity contribution in [2.75, 3.05) is 5.73 Å². The molecule has 0 atom stereocenters. The molecule has 4 aromatic rings. The van der Waals surface area contributed by atoms with Crippen LogP contribution in [0.4, 0.5) is 5.82 Å². The maximum atomic E-state index is 6.10. The molecule has 1 aromatic carbocycles. The lowest BCUT2D eigenvalue weighted by atomic mass is 10.1. The van der Waals surface area contributed by atoms with E-state index in [1.807, 2.05) is 28.8 Å². The van der Waals surface area contributed by atoms with E-state index >= 15 is 0 Å². The van der Waals surface area contributed by atoms with E-state index in [0.29, 0.717) is 5.82 Å². The molecule has 0 saturated carbocycles. The number of pyridine rings is 2. The number of hydrogen-bond donors (Lipinski definition) is 1. The highest BCUT2D eigenvalue weighted by molar-refractivity contribution is 5.82. The number of nitrogen functional groups attached to an aromatic ring is 1. The first kappa shape index (κ1) is 15.3. The minimum absolute atomic E-state index is 0.460. The summed E-state index contributed by atoms with van der Waals surface area (Å²) in [7, 11) is 0. The Balaban J connectivity index is 1.95. The smallest absolute Gasteiger partial charge is 0.164 e. The molecule has 0 bridgehead atoms. The third-order valence-electron chi connectivity index (χ3n) is 4.23. The zero-order valence-corrected chi connectivity index (χ0v) is 14.1. The van der Waals surface area contributed by atoms with Gasteiger partial charge in [-0.2, -0.15) is 0 Å². The summed E-state index contributed by atoms with van der Waals surface area (Å²) >= 11 is 0. The molecule has 25 heavy (non-hydrogen) atoms. The van der Waals surface area contributed by atoms with Crippen LogP contribution in [0, 0.1) is 0 Å². The van der Waals surface area contributed by atoms with Crippen LogP contribution in [0.3, 0.4) is 0 Å². The van der Waals surface area contributed by atoms with E-state index in [1.165, 1.54) is 5.56 Å². The van der Waals surface area contributed by atoms with Gasteiger partial charge in [0.15, 0.2) is 11.5 Å². The first-order valence-corrected chi connectivity index (χ1v) is 8.41. The molecule has 0 radical (unpaired) electrons. The first-order valence-electron chi connectivity index (χ1n) is 8.41. The fraction of sp³-hybridized carbons (Fsp3) is 0.150. The van der Waals surface area contributed by atoms with Gasteiger partial charge in [0.25, 0.3) is 0 Å². The minimum Gasteiger partial charge on any atom is -0.383 e. The molecule has 3 heterocycles. The average molecular weight is 329 g/mol. The summed E-state index contributed by atoms with van der Waals surface area (Å²) in [5.74, 6) is 1.21. The SMILES string of the molecule is CCCc1ccc(-n2c(-c3cccnc3N)nc3cccnc32)cc1. The van der Waals surface area contributed by atoms with E-state index in [2.05, 4.69) is 41.2 Å². The number of fused-ring (bicyclic) bond motifs is 1. The Bertz CT molecular complexity index is 1020. The quantitative estimate of drug-likeness (QED) is 0.614. The molecule has 5 heteroatoms. The predicted octanol–water partition coefficient (Wildman–Crippen LogP) is 4.02. The van der Waals surface area contributed by atoms with Crippen LogP contribution < -0.4 is 5.73 Å². The first-order chi connectivity index (χ1) is 12.3. The molecule has 4 rings (SSSR count). The van der Waals surface area contributed by atoms with Crippen molar-refractivity contribution in [1.82, 2.24) is 19.5 Å². The fourth-order valence-electron chi connectivity index (χ4n) is 3.04. The second-order valence-electron chi connectivity index (χ2n) is 5.97. The van der Waals surface area contributed by atoms with Crippen LogP contribution in [0.15, 0.2) is 60.9 Å². The Kier molecular flexibility index (Phi) is 3.90. The van der Waals surface area contributed by atoms with Gasteiger partial charge in [0, 0.05) is 18.1 Å². The molecule has 0 unspecified atom stereocenters. The zero-order chi connectivity index (χ0) is 17.2. The molecule has 124 valence electrons. The lowest BCUT2D eigenvalue weighted by molar-refractivity contribution is 0.920. The Morgan fingerprint density at radius 1 is 0.960 bits per heavy atom. The third kappa shape index (κ3) is 2.74. The second-order valence-corrected chi connectivity index (χ2v) is 5.97. The van der Waals surface area contributed by atoms with Crippen LogP contribution >= 0.6 is 0 Å². The monoisotopic (exact) mass is 329 g/mol. The molecule has 0 aliphatic carbocycles. The molecule has 0 aliphatic rings. The number of imidazole rings is 1. The highest BCUT2D eigenvalue weighted by Crippen LogP contribution is 2.30. The number of anilines is 1. The lowest BCUT2D eigenvalue weighted by Gasteiger charge is -2.10. The zero-order valence-electron chi connectivity index (χ0n) is 14.1. The van der Waals surface area contributed by atoms with Crippen molar-refractivity contribution >= 4 is 17.0 Å². The standard InChI is InChI=1S/C20H19N5/c1-2-5-14-8-10-15(11-9-14)25-19(16-6-3-12-22-18(16)21)24-17-7-4-13-23-20(17)25/h3-4,6-13H,2,5H2,1H3,(H2,21,22). The summed E-state index contributed by atoms with van der Waals surface area (Å²) in [6.45, 7) is 2.19. The van der Waals surface area contributed by atoms with Crippen LogP contribution in [-0.4, -0.2) is 19.5 Å². The van der Waals surface area contributed by atoms with Gasteiger partial charge in [-0.05, 0) is 48.4 Å². The number of nitrogens with zero attached hydrogens (tertiary/aromatic N) is 4. The molecule has 2 N–H and O–H groups in total. The Labute approximate surface area is 146 Å². The maximum absolute atomic E-state index is 6.10. The van der Waals surface area contributed by atoms with Crippen molar-refractivity contribution in [3.63, 3.8) is 0 Å². The number of nitrogens with two attached hydrogens (primary N) is 1. The summed E-state index contributed by atoms with van der Waals surface area (Å²) < 4.78 is 2.04. The van der Waals surface area contributed by atoms with Gasteiger partial charge >= 0.3 is 0 Å². The molecular weight excluding hydrogens is 310 g/mol. The van der Waals surface area contributed by atoms with E-state index in [4.69, 9.17) is 10.7 Å². The van der Waals surface area contributed by atoms with E-state index in [1.54, 1.807) is 12.4 Å². The summed E-state index contributed by atoms with van der Waals surface area (Å²) in [5.41, 5.74) is 10.9. The minimum atomic E-state index is 0.460. The number of benzene rings is 1. The van der Waals surface area contributed by atoms with E-state index in [9.17, 15) is 0 Å². The van der Waals surface area contributed by atoms with Crippen molar-refractivity contribution in [1.29, 1.82) is 0 Å². The van der Waals surface area contributed by atoms with Gasteiger partial charge < -0.3 is 5.73 Å². The van der Waals surface area contributed by atoms with Crippen LogP contribution in [-0.2, 0) is 6.42 Å². The van der Waals surface area contributed by atoms with Gasteiger partial charge in [-0.1, -0.05) is 25.5 Å². The maximum Gasteiger partial charge on any atom is 0.164 e. The summed E-state index contributed by atoms with van der Waals surface area (Å²) in [5, 5.41) is 0. The van der Waals surface area contributed by atoms with Crippen LogP contribution in [0.2, 0.25) is 0 Å². The molecule has 3 aromatic heterocycles. The lowest BCUT2D eigenvalue weighted by Crippen LogP contribution is -2.02. The Hall–Kier alpha value is -3.21. The van der Waals surface area contributed by atoms with E-state index < -0.39 is 0 Å². The number of aromatic nitrogens is 4. The molecular formula is C20H19N5. The molecule has 0 spiro atoms. The fourth-order valence-corrected chi connectivity index (χ4v) is 3.04. The van der Waals surface area contributed by atoms with Gasteiger partial charge in [0.05, 0.1) is 5.56 Å². The van der Waals surface area contributed by atoms with Crippen LogP contribution in [0.5, 0.6) is 0 Å². The van der Waals surface area contributed by atoms with Crippen molar-refractivity contribution in [3.8, 4) is 17.1 Å². The molecule has 0 fully saturated rings. The summed E-state index contributed by atoms with van der Waals surface area (Å²) in [4.78, 5) is 13.5.